The SMILES string of the molecule is CC[C@@H](C)NC(=O)COc1ccc2c(=O)c(Oc3ccc(F)cc3)coc2c1. The van der Waals surface area contributed by atoms with Gasteiger partial charge in [0.05, 0.1) is 5.39 Å². The predicted octanol–water partition coefficient (Wildman–Crippen LogP) is 4.02. The van der Waals surface area contributed by atoms with Gasteiger partial charge in [-0.05, 0) is 49.7 Å². The van der Waals surface area contributed by atoms with Gasteiger partial charge in [0.25, 0.3) is 5.91 Å². The molecule has 0 unspecified atom stereocenters. The molecule has 0 aliphatic carbocycles. The summed E-state index contributed by atoms with van der Waals surface area (Å²) >= 11 is 0. The van der Waals surface area contributed by atoms with E-state index in [2.05, 4.69) is 5.32 Å². The van der Waals surface area contributed by atoms with Gasteiger partial charge in [-0.2, -0.15) is 0 Å². The minimum atomic E-state index is -0.400. The molecular weight excluding hydrogens is 365 g/mol. The Kier molecular flexibility index (Phi) is 5.93. The van der Waals surface area contributed by atoms with Crippen LogP contribution in [0.1, 0.15) is 20.3 Å². The lowest BCUT2D eigenvalue weighted by atomic mass is 10.2. The molecular formula is C21H20FNO5. The van der Waals surface area contributed by atoms with Gasteiger partial charge in [-0.25, -0.2) is 4.39 Å². The van der Waals surface area contributed by atoms with Crippen LogP contribution in [0.2, 0.25) is 0 Å². The number of rotatable bonds is 7. The van der Waals surface area contributed by atoms with Gasteiger partial charge in [0.1, 0.15) is 29.2 Å². The molecule has 0 saturated carbocycles. The van der Waals surface area contributed by atoms with Crippen LogP contribution in [0.25, 0.3) is 11.0 Å². The summed E-state index contributed by atoms with van der Waals surface area (Å²) in [5, 5.41) is 3.10. The first-order valence-corrected chi connectivity index (χ1v) is 8.87. The molecule has 0 aliphatic heterocycles. The van der Waals surface area contributed by atoms with Crippen LogP contribution in [0.3, 0.4) is 0 Å². The summed E-state index contributed by atoms with van der Waals surface area (Å²) in [6, 6.07) is 10.0. The molecule has 0 radical (unpaired) electrons. The second-order valence-electron chi connectivity index (χ2n) is 6.31. The van der Waals surface area contributed by atoms with Crippen molar-refractivity contribution in [2.45, 2.75) is 26.3 Å². The average molecular weight is 385 g/mol. The van der Waals surface area contributed by atoms with Gasteiger partial charge < -0.3 is 19.2 Å². The molecule has 3 aromatic rings. The molecule has 146 valence electrons. The summed E-state index contributed by atoms with van der Waals surface area (Å²) in [4.78, 5) is 24.4. The summed E-state index contributed by atoms with van der Waals surface area (Å²) < 4.78 is 29.4. The Morgan fingerprint density at radius 3 is 2.61 bits per heavy atom. The average Bonchev–Trinajstić information content (AvgIpc) is 2.70. The molecule has 7 heteroatoms. The van der Waals surface area contributed by atoms with E-state index in [0.29, 0.717) is 22.5 Å². The van der Waals surface area contributed by atoms with Gasteiger partial charge in [0, 0.05) is 12.1 Å². The zero-order chi connectivity index (χ0) is 20.1. The van der Waals surface area contributed by atoms with E-state index in [4.69, 9.17) is 13.9 Å². The molecule has 0 saturated heterocycles. The fraction of sp³-hybridized carbons (Fsp3) is 0.238. The van der Waals surface area contributed by atoms with Crippen LogP contribution < -0.4 is 20.2 Å². The fourth-order valence-electron chi connectivity index (χ4n) is 2.45. The second kappa shape index (κ2) is 8.56. The second-order valence-corrected chi connectivity index (χ2v) is 6.31. The highest BCUT2D eigenvalue weighted by Gasteiger charge is 2.11. The van der Waals surface area contributed by atoms with Crippen LogP contribution >= 0.6 is 0 Å². The van der Waals surface area contributed by atoms with Crippen molar-refractivity contribution in [1.82, 2.24) is 5.32 Å². The first kappa shape index (κ1) is 19.4. The number of carbonyl (C=O) groups excluding carboxylic acids is 1. The standard InChI is InChI=1S/C21H20FNO5/c1-3-13(2)23-20(24)12-26-16-8-9-17-18(10-16)27-11-19(21(17)25)28-15-6-4-14(22)5-7-15/h4-11,13H,3,12H2,1-2H3,(H,23,24)/t13-/m1/s1. The van der Waals surface area contributed by atoms with Crippen LogP contribution in [-0.4, -0.2) is 18.6 Å². The first-order valence-electron chi connectivity index (χ1n) is 8.87. The summed E-state index contributed by atoms with van der Waals surface area (Å²) in [5.41, 5.74) is -0.0667. The Labute approximate surface area is 160 Å². The number of carbonyl (C=O) groups is 1. The van der Waals surface area contributed by atoms with E-state index in [1.165, 1.54) is 36.6 Å². The number of benzene rings is 2. The van der Waals surface area contributed by atoms with Crippen molar-refractivity contribution in [2.75, 3.05) is 6.61 Å². The Balaban J connectivity index is 1.74. The van der Waals surface area contributed by atoms with Crippen molar-refractivity contribution in [3.63, 3.8) is 0 Å². The predicted molar refractivity (Wildman–Crippen MR) is 102 cm³/mol. The third-order valence-electron chi connectivity index (χ3n) is 4.15. The first-order chi connectivity index (χ1) is 13.5. The summed E-state index contributed by atoms with van der Waals surface area (Å²) in [7, 11) is 0. The van der Waals surface area contributed by atoms with Gasteiger partial charge in [0.2, 0.25) is 11.2 Å². The van der Waals surface area contributed by atoms with Gasteiger partial charge in [-0.1, -0.05) is 6.92 Å². The van der Waals surface area contributed by atoms with Crippen LogP contribution in [0.15, 0.2) is 57.9 Å². The molecule has 6 nitrogen and oxygen atoms in total. The summed E-state index contributed by atoms with van der Waals surface area (Å²) in [6.45, 7) is 3.76. The Hall–Kier alpha value is -3.35. The molecule has 0 aliphatic rings. The maximum absolute atomic E-state index is 13.0. The van der Waals surface area contributed by atoms with E-state index < -0.39 is 5.82 Å². The lowest BCUT2D eigenvalue weighted by molar-refractivity contribution is -0.123. The highest BCUT2D eigenvalue weighted by molar-refractivity contribution is 5.80. The lowest BCUT2D eigenvalue weighted by Crippen LogP contribution is -2.35. The quantitative estimate of drug-likeness (QED) is 0.665. The number of ether oxygens (including phenoxy) is 2. The third-order valence-corrected chi connectivity index (χ3v) is 4.15. The van der Waals surface area contributed by atoms with E-state index in [0.717, 1.165) is 6.42 Å². The minimum Gasteiger partial charge on any atom is -0.484 e. The van der Waals surface area contributed by atoms with Crippen molar-refractivity contribution < 1.29 is 23.1 Å². The maximum atomic E-state index is 13.0. The largest absolute Gasteiger partial charge is 0.484 e. The van der Waals surface area contributed by atoms with Gasteiger partial charge in [-0.15, -0.1) is 0 Å². The van der Waals surface area contributed by atoms with Crippen molar-refractivity contribution in [3.8, 4) is 17.2 Å². The molecule has 1 N–H and O–H groups in total. The molecule has 1 heterocycles. The topological polar surface area (TPSA) is 77.8 Å². The number of fused-ring (bicyclic) bond motifs is 1. The van der Waals surface area contributed by atoms with Crippen molar-refractivity contribution in [2.24, 2.45) is 0 Å². The smallest absolute Gasteiger partial charge is 0.258 e. The van der Waals surface area contributed by atoms with Gasteiger partial charge >= 0.3 is 0 Å². The number of nitrogens with one attached hydrogen (secondary N) is 1. The van der Waals surface area contributed by atoms with Crippen molar-refractivity contribution in [3.05, 3.63) is 64.8 Å². The molecule has 2 aromatic carbocycles. The Morgan fingerprint density at radius 1 is 1.18 bits per heavy atom. The molecule has 0 spiro atoms. The van der Waals surface area contributed by atoms with Gasteiger partial charge in [-0.3, -0.25) is 9.59 Å². The fourth-order valence-corrected chi connectivity index (χ4v) is 2.45. The van der Waals surface area contributed by atoms with Crippen molar-refractivity contribution >= 4 is 16.9 Å². The number of amides is 1. The van der Waals surface area contributed by atoms with Gasteiger partial charge in [0.15, 0.2) is 6.61 Å². The van der Waals surface area contributed by atoms with E-state index >= 15 is 0 Å². The van der Waals surface area contributed by atoms with Crippen LogP contribution in [-0.2, 0) is 4.79 Å². The highest BCUT2D eigenvalue weighted by atomic mass is 19.1. The molecule has 1 atom stereocenters. The molecule has 1 aromatic heterocycles. The molecule has 28 heavy (non-hydrogen) atoms. The van der Waals surface area contributed by atoms with E-state index in [9.17, 15) is 14.0 Å². The van der Waals surface area contributed by atoms with Crippen LogP contribution in [0.4, 0.5) is 4.39 Å². The highest BCUT2D eigenvalue weighted by Crippen LogP contribution is 2.24. The molecule has 0 fully saturated rings. The minimum absolute atomic E-state index is 0.0132. The van der Waals surface area contributed by atoms with E-state index in [1.54, 1.807) is 12.1 Å². The monoisotopic (exact) mass is 385 g/mol. The number of halogens is 1. The van der Waals surface area contributed by atoms with E-state index in [-0.39, 0.29) is 29.7 Å². The van der Waals surface area contributed by atoms with Crippen LogP contribution in [0.5, 0.6) is 17.2 Å². The van der Waals surface area contributed by atoms with E-state index in [1.807, 2.05) is 13.8 Å². The number of hydrogen-bond acceptors (Lipinski definition) is 5. The Bertz CT molecular complexity index is 1030. The molecule has 3 rings (SSSR count). The van der Waals surface area contributed by atoms with Crippen LogP contribution in [0, 0.1) is 5.82 Å². The zero-order valence-corrected chi connectivity index (χ0v) is 15.5. The zero-order valence-electron chi connectivity index (χ0n) is 15.5. The lowest BCUT2D eigenvalue weighted by Gasteiger charge is -2.12. The summed E-state index contributed by atoms with van der Waals surface area (Å²) in [5.74, 6) is 0.0883. The maximum Gasteiger partial charge on any atom is 0.258 e. The Morgan fingerprint density at radius 2 is 1.89 bits per heavy atom. The summed E-state index contributed by atoms with van der Waals surface area (Å²) in [6.07, 6.45) is 2.02. The third kappa shape index (κ3) is 4.68. The normalized spacial score (nSPS) is 11.8. The molecule has 0 bridgehead atoms. The number of hydrogen-bond donors (Lipinski definition) is 1. The molecule has 1 amide bonds. The van der Waals surface area contributed by atoms with Crippen molar-refractivity contribution in [1.29, 1.82) is 0 Å².